The lowest BCUT2D eigenvalue weighted by Gasteiger charge is -1.99. The maximum absolute atomic E-state index is 11.6. The van der Waals surface area contributed by atoms with E-state index in [1.807, 2.05) is 0 Å². The summed E-state index contributed by atoms with van der Waals surface area (Å²) in [6, 6.07) is 0. The number of hydrogen-bond acceptors (Lipinski definition) is 1. The van der Waals surface area contributed by atoms with Gasteiger partial charge in [-0.25, -0.2) is 0 Å². The van der Waals surface area contributed by atoms with Crippen molar-refractivity contribution >= 4 is 5.91 Å². The summed E-state index contributed by atoms with van der Waals surface area (Å²) in [4.78, 5) is 10.5. The zero-order chi connectivity index (χ0) is 6.69. The average molecular weight is 131 g/mol. The molecule has 1 rings (SSSR count). The topological polar surface area (TPSA) is 29.1 Å². The summed E-state index contributed by atoms with van der Waals surface area (Å²) in [5.74, 6) is 0.316. The summed E-state index contributed by atoms with van der Waals surface area (Å²) in [7, 11) is 0. The van der Waals surface area contributed by atoms with Gasteiger partial charge in [-0.3, -0.25) is 9.18 Å². The molecular weight excluding hydrogens is 121 g/mol. The first-order valence-electron chi connectivity index (χ1n) is 3.15. The lowest BCUT2D eigenvalue weighted by atomic mass is 10.1. The van der Waals surface area contributed by atoms with Crippen LogP contribution in [0.1, 0.15) is 12.8 Å². The molecule has 1 atom stereocenters. The molecule has 3 heteroatoms. The van der Waals surface area contributed by atoms with Gasteiger partial charge in [-0.1, -0.05) is 0 Å². The van der Waals surface area contributed by atoms with Crippen LogP contribution in [0.4, 0.5) is 4.39 Å². The first-order valence-corrected chi connectivity index (χ1v) is 3.15. The zero-order valence-corrected chi connectivity index (χ0v) is 5.19. The highest BCUT2D eigenvalue weighted by atomic mass is 19.1. The van der Waals surface area contributed by atoms with Crippen LogP contribution in [0.2, 0.25) is 0 Å². The number of hydrogen-bond donors (Lipinski definition) is 1. The first kappa shape index (κ1) is 6.52. The summed E-state index contributed by atoms with van der Waals surface area (Å²) < 4.78 is 11.6. The van der Waals surface area contributed by atoms with Crippen LogP contribution in [0, 0.1) is 5.92 Å². The minimum absolute atomic E-state index is 0.0634. The molecular formula is C6H10FNO. The van der Waals surface area contributed by atoms with E-state index in [0.29, 0.717) is 19.4 Å². The van der Waals surface area contributed by atoms with Gasteiger partial charge in [0.05, 0.1) is 6.67 Å². The van der Waals surface area contributed by atoms with Crippen LogP contribution in [-0.2, 0) is 4.79 Å². The molecule has 9 heavy (non-hydrogen) atoms. The van der Waals surface area contributed by atoms with Gasteiger partial charge < -0.3 is 5.32 Å². The summed E-state index contributed by atoms with van der Waals surface area (Å²) in [6.45, 7) is 0.363. The van der Waals surface area contributed by atoms with Gasteiger partial charge in [-0.2, -0.15) is 0 Å². The summed E-state index contributed by atoms with van der Waals surface area (Å²) in [6.07, 6.45) is 1.04. The van der Waals surface area contributed by atoms with Gasteiger partial charge in [0.2, 0.25) is 5.91 Å². The van der Waals surface area contributed by atoms with E-state index in [1.54, 1.807) is 0 Å². The predicted octanol–water partition coefficient (Wildman–Crippen LogP) is 0.482. The second-order valence-corrected chi connectivity index (χ2v) is 2.35. The van der Waals surface area contributed by atoms with Crippen molar-refractivity contribution < 1.29 is 9.18 Å². The van der Waals surface area contributed by atoms with E-state index in [-0.39, 0.29) is 18.5 Å². The molecule has 0 unspecified atom stereocenters. The Balaban J connectivity index is 2.22. The van der Waals surface area contributed by atoms with E-state index in [2.05, 4.69) is 5.32 Å². The summed E-state index contributed by atoms with van der Waals surface area (Å²) in [5.41, 5.74) is 0. The molecule has 1 amide bonds. The van der Waals surface area contributed by atoms with E-state index in [4.69, 9.17) is 0 Å². The predicted molar refractivity (Wildman–Crippen MR) is 31.7 cm³/mol. The molecule has 0 saturated carbocycles. The lowest BCUT2D eigenvalue weighted by Crippen LogP contribution is -2.13. The molecule has 0 spiro atoms. The Kier molecular flexibility index (Phi) is 2.03. The SMILES string of the molecule is O=C1C[C@@H](CCF)CN1. The van der Waals surface area contributed by atoms with Crippen LogP contribution in [0.25, 0.3) is 0 Å². The largest absolute Gasteiger partial charge is 0.356 e. The van der Waals surface area contributed by atoms with Gasteiger partial charge in [0.25, 0.3) is 0 Å². The van der Waals surface area contributed by atoms with Crippen molar-refractivity contribution in [2.75, 3.05) is 13.2 Å². The Morgan fingerprint density at radius 3 is 3.00 bits per heavy atom. The lowest BCUT2D eigenvalue weighted by molar-refractivity contribution is -0.119. The molecule has 1 aliphatic rings. The number of alkyl halides is 1. The van der Waals surface area contributed by atoms with Crippen LogP contribution < -0.4 is 5.32 Å². The zero-order valence-electron chi connectivity index (χ0n) is 5.19. The van der Waals surface area contributed by atoms with Crippen LogP contribution >= 0.6 is 0 Å². The molecule has 1 heterocycles. The third-order valence-electron chi connectivity index (χ3n) is 1.58. The molecule has 0 bridgehead atoms. The molecule has 1 saturated heterocycles. The fraction of sp³-hybridized carbons (Fsp3) is 0.833. The van der Waals surface area contributed by atoms with Crippen LogP contribution in [0.5, 0.6) is 0 Å². The number of carbonyl (C=O) groups is 1. The maximum Gasteiger partial charge on any atom is 0.220 e. The number of rotatable bonds is 2. The fourth-order valence-corrected chi connectivity index (χ4v) is 1.02. The van der Waals surface area contributed by atoms with Gasteiger partial charge in [0.15, 0.2) is 0 Å². The molecule has 1 fully saturated rings. The van der Waals surface area contributed by atoms with E-state index in [9.17, 15) is 9.18 Å². The number of halogens is 1. The van der Waals surface area contributed by atoms with Crippen molar-refractivity contribution in [3.8, 4) is 0 Å². The Bertz CT molecular complexity index is 116. The third-order valence-corrected chi connectivity index (χ3v) is 1.58. The van der Waals surface area contributed by atoms with E-state index in [1.165, 1.54) is 0 Å². The normalized spacial score (nSPS) is 26.3. The third kappa shape index (κ3) is 1.66. The molecule has 0 radical (unpaired) electrons. The minimum Gasteiger partial charge on any atom is -0.356 e. The second-order valence-electron chi connectivity index (χ2n) is 2.35. The highest BCUT2D eigenvalue weighted by Crippen LogP contribution is 2.12. The van der Waals surface area contributed by atoms with Gasteiger partial charge in [0.1, 0.15) is 0 Å². The van der Waals surface area contributed by atoms with Gasteiger partial charge in [-0.15, -0.1) is 0 Å². The second kappa shape index (κ2) is 2.80. The van der Waals surface area contributed by atoms with E-state index < -0.39 is 0 Å². The minimum atomic E-state index is -0.306. The summed E-state index contributed by atoms with van der Waals surface area (Å²) in [5, 5.41) is 2.65. The molecule has 2 nitrogen and oxygen atoms in total. The van der Waals surface area contributed by atoms with E-state index >= 15 is 0 Å². The Labute approximate surface area is 53.4 Å². The van der Waals surface area contributed by atoms with Crippen LogP contribution in [-0.4, -0.2) is 19.1 Å². The summed E-state index contributed by atoms with van der Waals surface area (Å²) >= 11 is 0. The number of amides is 1. The smallest absolute Gasteiger partial charge is 0.220 e. The van der Waals surface area contributed by atoms with Crippen molar-refractivity contribution in [3.63, 3.8) is 0 Å². The number of nitrogens with one attached hydrogen (secondary N) is 1. The van der Waals surface area contributed by atoms with E-state index in [0.717, 1.165) is 0 Å². The van der Waals surface area contributed by atoms with Crippen LogP contribution in [0.3, 0.4) is 0 Å². The van der Waals surface area contributed by atoms with Gasteiger partial charge >= 0.3 is 0 Å². The number of carbonyl (C=O) groups excluding carboxylic acids is 1. The molecule has 0 aromatic heterocycles. The average Bonchev–Trinajstić information content (AvgIpc) is 2.17. The Morgan fingerprint density at radius 2 is 2.56 bits per heavy atom. The van der Waals surface area contributed by atoms with Crippen molar-refractivity contribution in [1.29, 1.82) is 0 Å². The highest BCUT2D eigenvalue weighted by Gasteiger charge is 2.20. The highest BCUT2D eigenvalue weighted by molar-refractivity contribution is 5.78. The maximum atomic E-state index is 11.6. The molecule has 0 aromatic carbocycles. The fourth-order valence-electron chi connectivity index (χ4n) is 1.02. The standard InChI is InChI=1S/C6H10FNO/c7-2-1-5-3-6(9)8-4-5/h5H,1-4H2,(H,8,9)/t5-/m1/s1. The first-order chi connectivity index (χ1) is 4.33. The molecule has 52 valence electrons. The van der Waals surface area contributed by atoms with Crippen LogP contribution in [0.15, 0.2) is 0 Å². The van der Waals surface area contributed by atoms with Crippen molar-refractivity contribution in [1.82, 2.24) is 5.32 Å². The quantitative estimate of drug-likeness (QED) is 0.580. The van der Waals surface area contributed by atoms with Crippen molar-refractivity contribution in [3.05, 3.63) is 0 Å². The van der Waals surface area contributed by atoms with Crippen molar-refractivity contribution in [2.24, 2.45) is 5.92 Å². The van der Waals surface area contributed by atoms with Crippen molar-refractivity contribution in [2.45, 2.75) is 12.8 Å². The Hall–Kier alpha value is -0.600. The Morgan fingerprint density at radius 1 is 1.78 bits per heavy atom. The molecule has 1 aliphatic heterocycles. The molecule has 0 aliphatic carbocycles. The monoisotopic (exact) mass is 131 g/mol. The molecule has 0 aromatic rings. The van der Waals surface area contributed by atoms with Gasteiger partial charge in [-0.05, 0) is 12.3 Å². The van der Waals surface area contributed by atoms with Gasteiger partial charge in [0, 0.05) is 13.0 Å². The molecule has 1 N–H and O–H groups in total.